The molecule has 0 spiro atoms. The third-order valence-corrected chi connectivity index (χ3v) is 4.12. The first kappa shape index (κ1) is 18.0. The maximum Gasteiger partial charge on any atom is 0.293 e. The van der Waals surface area contributed by atoms with Crippen LogP contribution in [0.15, 0.2) is 75.8 Å². The van der Waals surface area contributed by atoms with Crippen molar-refractivity contribution in [3.8, 4) is 0 Å². The van der Waals surface area contributed by atoms with Gasteiger partial charge in [-0.2, -0.15) is 0 Å². The average molecular weight is 391 g/mol. The van der Waals surface area contributed by atoms with E-state index in [1.165, 1.54) is 36.6 Å². The van der Waals surface area contributed by atoms with Gasteiger partial charge >= 0.3 is 0 Å². The van der Waals surface area contributed by atoms with Gasteiger partial charge in [-0.25, -0.2) is 0 Å². The molecule has 0 bridgehead atoms. The van der Waals surface area contributed by atoms with Gasteiger partial charge in [0.15, 0.2) is 5.76 Å². The monoisotopic (exact) mass is 391 g/mol. The van der Waals surface area contributed by atoms with Crippen molar-refractivity contribution in [1.82, 2.24) is 0 Å². The second kappa shape index (κ2) is 7.31. The number of nitro benzene ring substituents is 1. The number of nitrogens with one attached hydrogen (secondary N) is 2. The first-order valence-electron chi connectivity index (χ1n) is 8.45. The van der Waals surface area contributed by atoms with Crippen LogP contribution in [-0.4, -0.2) is 16.7 Å². The Morgan fingerprint density at radius 1 is 0.897 bits per heavy atom. The van der Waals surface area contributed by atoms with Crippen LogP contribution in [0.1, 0.15) is 21.1 Å². The molecule has 0 fully saturated rings. The Morgan fingerprint density at radius 2 is 1.66 bits per heavy atom. The van der Waals surface area contributed by atoms with Gasteiger partial charge in [0.05, 0.1) is 11.2 Å². The molecule has 0 aliphatic heterocycles. The summed E-state index contributed by atoms with van der Waals surface area (Å²) in [5, 5.41) is 16.6. The Bertz CT molecular complexity index is 1210. The summed E-state index contributed by atoms with van der Waals surface area (Å²) in [5.41, 5.74) is 0.847. The van der Waals surface area contributed by atoms with Crippen molar-refractivity contribution in [2.45, 2.75) is 0 Å². The Kier molecular flexibility index (Phi) is 4.54. The van der Waals surface area contributed by atoms with E-state index < -0.39 is 16.7 Å². The summed E-state index contributed by atoms with van der Waals surface area (Å²) in [6, 6.07) is 15.3. The fourth-order valence-corrected chi connectivity index (χ4v) is 2.77. The van der Waals surface area contributed by atoms with E-state index in [1.54, 1.807) is 30.3 Å². The fraction of sp³-hybridized carbons (Fsp3) is 0. The summed E-state index contributed by atoms with van der Waals surface area (Å²) < 4.78 is 10.7. The van der Waals surface area contributed by atoms with Gasteiger partial charge in [-0.15, -0.1) is 0 Å². The van der Waals surface area contributed by atoms with Gasteiger partial charge in [-0.1, -0.05) is 12.1 Å². The zero-order valence-corrected chi connectivity index (χ0v) is 14.7. The summed E-state index contributed by atoms with van der Waals surface area (Å²) in [5.74, 6) is -1.18. The van der Waals surface area contributed by atoms with Crippen LogP contribution < -0.4 is 10.6 Å². The van der Waals surface area contributed by atoms with Crippen molar-refractivity contribution in [3.05, 3.63) is 88.6 Å². The Labute approximate surface area is 163 Å². The van der Waals surface area contributed by atoms with Gasteiger partial charge in [0.25, 0.3) is 17.5 Å². The van der Waals surface area contributed by atoms with Gasteiger partial charge in [0.1, 0.15) is 11.3 Å². The molecule has 0 saturated heterocycles. The highest BCUT2D eigenvalue weighted by Crippen LogP contribution is 2.32. The minimum absolute atomic E-state index is 0.0806. The highest BCUT2D eigenvalue weighted by Gasteiger charge is 2.23. The molecular formula is C20H13N3O6. The molecule has 0 aliphatic rings. The zero-order chi connectivity index (χ0) is 20.4. The van der Waals surface area contributed by atoms with Gasteiger partial charge in [0.2, 0.25) is 5.76 Å². The molecule has 2 amide bonds. The molecule has 29 heavy (non-hydrogen) atoms. The maximum absolute atomic E-state index is 12.8. The number of fused-ring (bicyclic) bond motifs is 1. The molecule has 0 radical (unpaired) electrons. The third-order valence-electron chi connectivity index (χ3n) is 4.12. The van der Waals surface area contributed by atoms with E-state index >= 15 is 0 Å². The van der Waals surface area contributed by atoms with Crippen LogP contribution in [0.25, 0.3) is 11.0 Å². The van der Waals surface area contributed by atoms with Gasteiger partial charge in [0, 0.05) is 23.2 Å². The van der Waals surface area contributed by atoms with Crippen LogP contribution >= 0.6 is 0 Å². The van der Waals surface area contributed by atoms with Crippen molar-refractivity contribution in [2.75, 3.05) is 10.6 Å². The van der Waals surface area contributed by atoms with E-state index in [1.807, 2.05) is 0 Å². The predicted molar refractivity (Wildman–Crippen MR) is 104 cm³/mol. The molecule has 144 valence electrons. The van der Waals surface area contributed by atoms with E-state index in [0.29, 0.717) is 16.7 Å². The van der Waals surface area contributed by atoms with Crippen LogP contribution in [-0.2, 0) is 0 Å². The molecule has 0 aliphatic carbocycles. The van der Waals surface area contributed by atoms with E-state index in [9.17, 15) is 19.7 Å². The van der Waals surface area contributed by atoms with Crippen molar-refractivity contribution in [3.63, 3.8) is 0 Å². The molecule has 0 unspecified atom stereocenters. The number of anilines is 2. The third kappa shape index (κ3) is 3.56. The highest BCUT2D eigenvalue weighted by atomic mass is 16.6. The number of nitro groups is 1. The highest BCUT2D eigenvalue weighted by molar-refractivity contribution is 6.16. The van der Waals surface area contributed by atoms with Crippen molar-refractivity contribution in [1.29, 1.82) is 0 Å². The van der Waals surface area contributed by atoms with Crippen LogP contribution in [0, 0.1) is 10.1 Å². The first-order chi connectivity index (χ1) is 14.0. The average Bonchev–Trinajstić information content (AvgIpc) is 3.37. The predicted octanol–water partition coefficient (Wildman–Crippen LogP) is 4.44. The lowest BCUT2D eigenvalue weighted by Gasteiger charge is -2.06. The number of benzene rings is 2. The lowest BCUT2D eigenvalue weighted by molar-refractivity contribution is -0.384. The molecule has 0 saturated carbocycles. The zero-order valence-electron chi connectivity index (χ0n) is 14.7. The van der Waals surface area contributed by atoms with Gasteiger partial charge in [-0.05, 0) is 36.4 Å². The molecular weight excluding hydrogens is 378 g/mol. The quantitative estimate of drug-likeness (QED) is 0.382. The molecule has 9 nitrogen and oxygen atoms in total. The number of carbonyl (C=O) groups is 2. The molecule has 4 rings (SSSR count). The lowest BCUT2D eigenvalue weighted by atomic mass is 10.2. The van der Waals surface area contributed by atoms with Crippen LogP contribution in [0.5, 0.6) is 0 Å². The topological polar surface area (TPSA) is 128 Å². The number of hydrogen-bond acceptors (Lipinski definition) is 6. The van der Waals surface area contributed by atoms with Crippen LogP contribution in [0.2, 0.25) is 0 Å². The minimum atomic E-state index is -0.621. The van der Waals surface area contributed by atoms with E-state index in [4.69, 9.17) is 8.83 Å². The van der Waals surface area contributed by atoms with E-state index in [0.717, 1.165) is 0 Å². The summed E-state index contributed by atoms with van der Waals surface area (Å²) in [7, 11) is 0. The number of hydrogen-bond donors (Lipinski definition) is 2. The molecule has 2 aromatic heterocycles. The standard InChI is InChI=1S/C20H13N3O6/c24-19(16-6-3-11-28-16)22-17-14-4-1-2-5-15(14)29-18(17)20(25)21-12-7-9-13(10-8-12)23(26)27/h1-11H,(H,21,25)(H,22,24). The number of para-hydroxylation sites is 1. The van der Waals surface area contributed by atoms with Crippen molar-refractivity contribution in [2.24, 2.45) is 0 Å². The van der Waals surface area contributed by atoms with Gasteiger partial charge in [-0.3, -0.25) is 19.7 Å². The van der Waals surface area contributed by atoms with E-state index in [2.05, 4.69) is 10.6 Å². The SMILES string of the molecule is O=C(Nc1c(C(=O)Nc2ccc([N+](=O)[O-])cc2)oc2ccccc12)c1ccco1. The van der Waals surface area contributed by atoms with Crippen molar-refractivity contribution < 1.29 is 23.3 Å². The fourth-order valence-electron chi connectivity index (χ4n) is 2.77. The molecule has 9 heteroatoms. The number of furan rings is 2. The Morgan fingerprint density at radius 3 is 2.34 bits per heavy atom. The largest absolute Gasteiger partial charge is 0.459 e. The summed E-state index contributed by atoms with van der Waals surface area (Å²) >= 11 is 0. The Balaban J connectivity index is 1.66. The maximum atomic E-state index is 12.8. The van der Waals surface area contributed by atoms with Crippen LogP contribution in [0.4, 0.5) is 17.1 Å². The first-order valence-corrected chi connectivity index (χ1v) is 8.45. The second-order valence-electron chi connectivity index (χ2n) is 5.99. The minimum Gasteiger partial charge on any atom is -0.459 e. The summed E-state index contributed by atoms with van der Waals surface area (Å²) in [6.07, 6.45) is 1.37. The normalized spacial score (nSPS) is 10.6. The number of non-ortho nitro benzene ring substituents is 1. The molecule has 0 atom stereocenters. The lowest BCUT2D eigenvalue weighted by Crippen LogP contribution is -2.16. The van der Waals surface area contributed by atoms with Crippen LogP contribution in [0.3, 0.4) is 0 Å². The molecule has 2 heterocycles. The number of nitrogens with zero attached hydrogens (tertiary/aromatic N) is 1. The number of amides is 2. The molecule has 4 aromatic rings. The molecule has 2 aromatic carbocycles. The van der Waals surface area contributed by atoms with Gasteiger partial charge < -0.3 is 19.5 Å². The smallest absolute Gasteiger partial charge is 0.293 e. The second-order valence-corrected chi connectivity index (χ2v) is 5.99. The molecule has 2 N–H and O–H groups in total. The number of rotatable bonds is 5. The summed E-state index contributed by atoms with van der Waals surface area (Å²) in [6.45, 7) is 0. The van der Waals surface area contributed by atoms with Crippen molar-refractivity contribution >= 4 is 39.8 Å². The Hall–Kier alpha value is -4.40. The summed E-state index contributed by atoms with van der Waals surface area (Å²) in [4.78, 5) is 35.4. The van der Waals surface area contributed by atoms with E-state index in [-0.39, 0.29) is 22.9 Å². The number of carbonyl (C=O) groups excluding carboxylic acids is 2.